The minimum Gasteiger partial charge on any atom is -0.507 e. The molecular formula is C6H4ClN3O. The summed E-state index contributed by atoms with van der Waals surface area (Å²) in [4.78, 5) is 2.52. The molecule has 0 aliphatic rings. The van der Waals surface area contributed by atoms with Crippen LogP contribution in [0.3, 0.4) is 0 Å². The highest BCUT2D eigenvalue weighted by Gasteiger charge is 1.97. The van der Waals surface area contributed by atoms with Gasteiger partial charge in [0.25, 0.3) is 0 Å². The fourth-order valence-electron chi connectivity index (χ4n) is 0.629. The molecule has 1 rings (SSSR count). The van der Waals surface area contributed by atoms with Crippen molar-refractivity contribution >= 4 is 17.3 Å². The molecule has 5 heteroatoms. The van der Waals surface area contributed by atoms with Gasteiger partial charge in [0.2, 0.25) is 0 Å². The minimum atomic E-state index is -0.115. The van der Waals surface area contributed by atoms with Crippen molar-refractivity contribution in [2.24, 2.45) is 5.11 Å². The van der Waals surface area contributed by atoms with Crippen LogP contribution in [0.15, 0.2) is 23.3 Å². The fourth-order valence-corrected chi connectivity index (χ4v) is 0.796. The van der Waals surface area contributed by atoms with Crippen LogP contribution >= 0.6 is 11.6 Å². The molecule has 0 amide bonds. The van der Waals surface area contributed by atoms with E-state index in [1.165, 1.54) is 18.2 Å². The zero-order chi connectivity index (χ0) is 8.27. The summed E-state index contributed by atoms with van der Waals surface area (Å²) in [5, 5.41) is 12.7. The molecular weight excluding hydrogens is 166 g/mol. The zero-order valence-corrected chi connectivity index (χ0v) is 6.15. The molecule has 1 aromatic rings. The van der Waals surface area contributed by atoms with E-state index in [-0.39, 0.29) is 11.4 Å². The van der Waals surface area contributed by atoms with E-state index >= 15 is 0 Å². The number of aromatic hydroxyl groups is 1. The Labute approximate surface area is 67.7 Å². The lowest BCUT2D eigenvalue weighted by atomic mass is 10.3. The monoisotopic (exact) mass is 169 g/mol. The van der Waals surface area contributed by atoms with Crippen LogP contribution in [-0.4, -0.2) is 5.11 Å². The molecule has 56 valence electrons. The molecule has 11 heavy (non-hydrogen) atoms. The lowest BCUT2D eigenvalue weighted by molar-refractivity contribution is 0.477. The number of benzene rings is 1. The second-order valence-corrected chi connectivity index (χ2v) is 2.26. The van der Waals surface area contributed by atoms with Gasteiger partial charge in [0.15, 0.2) is 0 Å². The van der Waals surface area contributed by atoms with E-state index in [0.717, 1.165) is 0 Å². The summed E-state index contributed by atoms with van der Waals surface area (Å²) in [6, 6.07) is 4.29. The first kappa shape index (κ1) is 7.72. The molecule has 0 bridgehead atoms. The van der Waals surface area contributed by atoms with Crippen LogP contribution < -0.4 is 0 Å². The summed E-state index contributed by atoms with van der Waals surface area (Å²) in [5.41, 5.74) is 8.21. The summed E-state index contributed by atoms with van der Waals surface area (Å²) in [5.74, 6) is -0.115. The number of phenolic OH excluding ortho intramolecular Hbond substituents is 1. The van der Waals surface area contributed by atoms with Crippen molar-refractivity contribution in [3.05, 3.63) is 33.7 Å². The molecule has 0 aliphatic heterocycles. The molecule has 0 saturated carbocycles. The van der Waals surface area contributed by atoms with E-state index in [4.69, 9.17) is 22.2 Å². The largest absolute Gasteiger partial charge is 0.507 e. The number of nitrogens with zero attached hydrogens (tertiary/aromatic N) is 3. The third kappa shape index (κ3) is 1.77. The Balaban J connectivity index is 3.19. The smallest absolute Gasteiger partial charge is 0.126 e. The minimum absolute atomic E-state index is 0.115. The van der Waals surface area contributed by atoms with Gasteiger partial charge in [-0.3, -0.25) is 0 Å². The Hall–Kier alpha value is -1.38. The highest BCUT2D eigenvalue weighted by atomic mass is 35.5. The molecule has 0 aromatic heterocycles. The average molecular weight is 170 g/mol. The van der Waals surface area contributed by atoms with Gasteiger partial charge in [-0.05, 0) is 23.7 Å². The second-order valence-electron chi connectivity index (χ2n) is 1.82. The summed E-state index contributed by atoms with van der Waals surface area (Å²) in [6.45, 7) is 0. The van der Waals surface area contributed by atoms with E-state index in [9.17, 15) is 0 Å². The molecule has 0 radical (unpaired) electrons. The summed E-state index contributed by atoms with van der Waals surface area (Å²) >= 11 is 5.52. The van der Waals surface area contributed by atoms with Crippen molar-refractivity contribution in [1.82, 2.24) is 0 Å². The number of halogens is 1. The average Bonchev–Trinajstić information content (AvgIpc) is 1.95. The number of hydrogen-bond acceptors (Lipinski definition) is 2. The Morgan fingerprint density at radius 1 is 1.55 bits per heavy atom. The van der Waals surface area contributed by atoms with Crippen LogP contribution in [0, 0.1) is 0 Å². The highest BCUT2D eigenvalue weighted by Crippen LogP contribution is 2.28. The summed E-state index contributed by atoms with van der Waals surface area (Å²) in [6.07, 6.45) is 0. The third-order valence-electron chi connectivity index (χ3n) is 1.09. The van der Waals surface area contributed by atoms with E-state index in [2.05, 4.69) is 10.0 Å². The topological polar surface area (TPSA) is 69.0 Å². The van der Waals surface area contributed by atoms with E-state index in [0.29, 0.717) is 5.02 Å². The van der Waals surface area contributed by atoms with Gasteiger partial charge in [0.1, 0.15) is 5.75 Å². The number of phenols is 1. The molecule has 0 spiro atoms. The van der Waals surface area contributed by atoms with Gasteiger partial charge in [-0.15, -0.1) is 0 Å². The third-order valence-corrected chi connectivity index (χ3v) is 1.33. The fraction of sp³-hybridized carbons (Fsp3) is 0. The molecule has 0 heterocycles. The highest BCUT2D eigenvalue weighted by molar-refractivity contribution is 6.30. The lowest BCUT2D eigenvalue weighted by Gasteiger charge is -1.95. The number of rotatable bonds is 1. The molecule has 0 atom stereocenters. The second kappa shape index (κ2) is 3.14. The predicted molar refractivity (Wildman–Crippen MR) is 41.9 cm³/mol. The standard InChI is InChI=1S/C6H4ClN3O/c7-4-1-2-5(9-10-8)6(11)3-4/h1-3,11H. The normalized spacial score (nSPS) is 8.82. The van der Waals surface area contributed by atoms with Crippen LogP contribution in [0.2, 0.25) is 5.02 Å². The van der Waals surface area contributed by atoms with Gasteiger partial charge in [0.05, 0.1) is 5.69 Å². The Bertz CT molecular complexity index is 320. The van der Waals surface area contributed by atoms with Crippen LogP contribution in [-0.2, 0) is 0 Å². The van der Waals surface area contributed by atoms with Gasteiger partial charge in [0, 0.05) is 9.93 Å². The van der Waals surface area contributed by atoms with Crippen LogP contribution in [0.25, 0.3) is 10.4 Å². The Morgan fingerprint density at radius 2 is 2.27 bits per heavy atom. The maximum absolute atomic E-state index is 9.07. The van der Waals surface area contributed by atoms with Crippen molar-refractivity contribution in [2.45, 2.75) is 0 Å². The van der Waals surface area contributed by atoms with E-state index in [1.54, 1.807) is 0 Å². The van der Waals surface area contributed by atoms with Crippen molar-refractivity contribution in [1.29, 1.82) is 0 Å². The molecule has 4 nitrogen and oxygen atoms in total. The van der Waals surface area contributed by atoms with Crippen molar-refractivity contribution < 1.29 is 5.11 Å². The molecule has 1 aromatic carbocycles. The molecule has 0 unspecified atom stereocenters. The van der Waals surface area contributed by atoms with Crippen LogP contribution in [0.5, 0.6) is 5.75 Å². The first-order valence-electron chi connectivity index (χ1n) is 2.77. The SMILES string of the molecule is [N-]=[N+]=Nc1ccc(Cl)cc1O. The van der Waals surface area contributed by atoms with Crippen molar-refractivity contribution in [3.63, 3.8) is 0 Å². The molecule has 0 fully saturated rings. The Morgan fingerprint density at radius 3 is 2.82 bits per heavy atom. The summed E-state index contributed by atoms with van der Waals surface area (Å²) in [7, 11) is 0. The summed E-state index contributed by atoms with van der Waals surface area (Å²) < 4.78 is 0. The van der Waals surface area contributed by atoms with Crippen LogP contribution in [0.1, 0.15) is 0 Å². The lowest BCUT2D eigenvalue weighted by Crippen LogP contribution is -1.66. The quantitative estimate of drug-likeness (QED) is 0.392. The maximum Gasteiger partial charge on any atom is 0.126 e. The first-order chi connectivity index (χ1) is 5.24. The molecule has 0 saturated heterocycles. The first-order valence-corrected chi connectivity index (χ1v) is 3.15. The number of azide groups is 1. The van der Waals surface area contributed by atoms with Gasteiger partial charge in [-0.2, -0.15) is 0 Å². The van der Waals surface area contributed by atoms with E-state index < -0.39 is 0 Å². The Kier molecular flexibility index (Phi) is 2.21. The van der Waals surface area contributed by atoms with Gasteiger partial charge in [-0.25, -0.2) is 0 Å². The zero-order valence-electron chi connectivity index (χ0n) is 5.40. The predicted octanol–water partition coefficient (Wildman–Crippen LogP) is 2.99. The molecule has 0 aliphatic carbocycles. The van der Waals surface area contributed by atoms with Gasteiger partial charge in [-0.1, -0.05) is 16.7 Å². The van der Waals surface area contributed by atoms with Crippen LogP contribution in [0.4, 0.5) is 5.69 Å². The van der Waals surface area contributed by atoms with Gasteiger partial charge < -0.3 is 5.11 Å². The maximum atomic E-state index is 9.07. The number of hydrogen-bond donors (Lipinski definition) is 1. The van der Waals surface area contributed by atoms with Crippen molar-refractivity contribution in [2.75, 3.05) is 0 Å². The van der Waals surface area contributed by atoms with Crippen molar-refractivity contribution in [3.8, 4) is 5.75 Å². The van der Waals surface area contributed by atoms with Gasteiger partial charge >= 0.3 is 0 Å². The van der Waals surface area contributed by atoms with E-state index in [1.807, 2.05) is 0 Å². The molecule has 1 N–H and O–H groups in total.